The second-order valence-electron chi connectivity index (χ2n) is 7.30. The molecular formula is C24H27N3O6S. The van der Waals surface area contributed by atoms with Crippen LogP contribution in [0, 0.1) is 0 Å². The Bertz CT molecular complexity index is 1000. The molecule has 1 atom stereocenters. The van der Waals surface area contributed by atoms with Gasteiger partial charge in [0, 0.05) is 18.7 Å². The molecule has 1 fully saturated rings. The second kappa shape index (κ2) is 12.5. The standard InChI is InChI=1S/C24H27N3O6S/c1-2-31-21(28)16-20-23(30)25-12-13-27(20)24(34)26-22(29)17-8-10-19(11-9-17)33-15-14-32-18-6-4-3-5-7-18/h3-11,20H,2,12-16H2,1H3,(H,25,30)(H,26,29,34). The fraction of sp³-hybridized carbons (Fsp3) is 0.333. The summed E-state index contributed by atoms with van der Waals surface area (Å²) in [7, 11) is 0. The molecule has 0 bridgehead atoms. The molecule has 3 rings (SSSR count). The normalized spacial score (nSPS) is 15.1. The highest BCUT2D eigenvalue weighted by atomic mass is 32.1. The summed E-state index contributed by atoms with van der Waals surface area (Å²) in [4.78, 5) is 38.4. The van der Waals surface area contributed by atoms with E-state index in [0.717, 1.165) is 5.75 Å². The van der Waals surface area contributed by atoms with Crippen LogP contribution in [0.1, 0.15) is 23.7 Å². The van der Waals surface area contributed by atoms with Crippen LogP contribution in [-0.4, -0.2) is 66.7 Å². The molecule has 1 saturated heterocycles. The Labute approximate surface area is 203 Å². The summed E-state index contributed by atoms with van der Waals surface area (Å²) in [6, 6.07) is 15.2. The minimum absolute atomic E-state index is 0.0764. The van der Waals surface area contributed by atoms with Crippen molar-refractivity contribution in [2.45, 2.75) is 19.4 Å². The Morgan fingerprint density at radius 3 is 2.35 bits per heavy atom. The summed E-state index contributed by atoms with van der Waals surface area (Å²) in [5.74, 6) is 0.0923. The largest absolute Gasteiger partial charge is 0.490 e. The highest BCUT2D eigenvalue weighted by Gasteiger charge is 2.34. The van der Waals surface area contributed by atoms with Gasteiger partial charge < -0.3 is 24.4 Å². The van der Waals surface area contributed by atoms with Crippen LogP contribution >= 0.6 is 12.2 Å². The number of hydrogen-bond donors (Lipinski definition) is 2. The first-order valence-electron chi connectivity index (χ1n) is 10.9. The zero-order valence-electron chi connectivity index (χ0n) is 18.8. The van der Waals surface area contributed by atoms with Crippen LogP contribution in [0.25, 0.3) is 0 Å². The summed E-state index contributed by atoms with van der Waals surface area (Å²) in [5, 5.41) is 5.42. The molecule has 0 aliphatic carbocycles. The average molecular weight is 486 g/mol. The summed E-state index contributed by atoms with van der Waals surface area (Å²) in [6.45, 7) is 3.37. The minimum Gasteiger partial charge on any atom is -0.490 e. The van der Waals surface area contributed by atoms with Gasteiger partial charge in [-0.15, -0.1) is 0 Å². The molecule has 0 aromatic heterocycles. The number of amides is 2. The Balaban J connectivity index is 1.50. The molecule has 1 heterocycles. The van der Waals surface area contributed by atoms with Crippen LogP contribution in [0.3, 0.4) is 0 Å². The number of carbonyl (C=O) groups excluding carboxylic acids is 3. The molecule has 180 valence electrons. The van der Waals surface area contributed by atoms with Crippen molar-refractivity contribution in [1.29, 1.82) is 0 Å². The van der Waals surface area contributed by atoms with Crippen LogP contribution in [0.4, 0.5) is 0 Å². The van der Waals surface area contributed by atoms with E-state index < -0.39 is 17.9 Å². The molecule has 10 heteroatoms. The zero-order valence-corrected chi connectivity index (χ0v) is 19.6. The molecule has 34 heavy (non-hydrogen) atoms. The van der Waals surface area contributed by atoms with Crippen molar-refractivity contribution in [3.63, 3.8) is 0 Å². The quantitative estimate of drug-likeness (QED) is 0.315. The number of hydrogen-bond acceptors (Lipinski definition) is 7. The molecule has 2 amide bonds. The predicted molar refractivity (Wildman–Crippen MR) is 129 cm³/mol. The lowest BCUT2D eigenvalue weighted by Gasteiger charge is -2.36. The first kappa shape index (κ1) is 25.0. The lowest BCUT2D eigenvalue weighted by atomic mass is 10.1. The third-order valence-corrected chi connectivity index (χ3v) is 5.29. The lowest BCUT2D eigenvalue weighted by molar-refractivity contribution is -0.147. The molecule has 0 spiro atoms. The summed E-state index contributed by atoms with van der Waals surface area (Å²) >= 11 is 5.36. The van der Waals surface area contributed by atoms with Crippen molar-refractivity contribution in [3.8, 4) is 11.5 Å². The van der Waals surface area contributed by atoms with Crippen LogP contribution in [0.5, 0.6) is 11.5 Å². The molecule has 1 unspecified atom stereocenters. The molecular weight excluding hydrogens is 458 g/mol. The number of nitrogens with zero attached hydrogens (tertiary/aromatic N) is 1. The van der Waals surface area contributed by atoms with Gasteiger partial charge in [-0.2, -0.15) is 0 Å². The summed E-state index contributed by atoms with van der Waals surface area (Å²) in [5.41, 5.74) is 0.374. The second-order valence-corrected chi connectivity index (χ2v) is 7.69. The van der Waals surface area contributed by atoms with Gasteiger partial charge in [-0.1, -0.05) is 18.2 Å². The van der Waals surface area contributed by atoms with E-state index in [1.165, 1.54) is 4.90 Å². The maximum Gasteiger partial charge on any atom is 0.308 e. The highest BCUT2D eigenvalue weighted by Crippen LogP contribution is 2.14. The van der Waals surface area contributed by atoms with Crippen LogP contribution in [-0.2, 0) is 14.3 Å². The van der Waals surface area contributed by atoms with Gasteiger partial charge in [-0.25, -0.2) is 0 Å². The van der Waals surface area contributed by atoms with E-state index in [4.69, 9.17) is 26.4 Å². The number of esters is 1. The third kappa shape index (κ3) is 7.17. The van der Waals surface area contributed by atoms with Gasteiger partial charge in [0.05, 0.1) is 13.0 Å². The van der Waals surface area contributed by atoms with E-state index in [1.54, 1.807) is 31.2 Å². The van der Waals surface area contributed by atoms with E-state index in [9.17, 15) is 14.4 Å². The molecule has 0 radical (unpaired) electrons. The number of piperazine rings is 1. The van der Waals surface area contributed by atoms with Crippen LogP contribution in [0.2, 0.25) is 0 Å². The van der Waals surface area contributed by atoms with Gasteiger partial charge in [0.2, 0.25) is 5.91 Å². The highest BCUT2D eigenvalue weighted by molar-refractivity contribution is 7.80. The third-order valence-electron chi connectivity index (χ3n) is 4.96. The van der Waals surface area contributed by atoms with Crippen LogP contribution in [0.15, 0.2) is 54.6 Å². The summed E-state index contributed by atoms with van der Waals surface area (Å²) < 4.78 is 16.2. The maximum absolute atomic E-state index is 12.7. The first-order valence-corrected chi connectivity index (χ1v) is 11.3. The zero-order chi connectivity index (χ0) is 24.3. The molecule has 2 aromatic rings. The van der Waals surface area contributed by atoms with E-state index in [-0.39, 0.29) is 24.0 Å². The van der Waals surface area contributed by atoms with Gasteiger partial charge >= 0.3 is 5.97 Å². The van der Waals surface area contributed by atoms with Gasteiger partial charge in [0.1, 0.15) is 30.8 Å². The maximum atomic E-state index is 12.7. The Hall–Kier alpha value is -3.66. The molecule has 1 aliphatic rings. The van der Waals surface area contributed by atoms with Crippen molar-refractivity contribution in [3.05, 3.63) is 60.2 Å². The smallest absolute Gasteiger partial charge is 0.308 e. The topological polar surface area (TPSA) is 106 Å². The van der Waals surface area contributed by atoms with Gasteiger partial charge in [-0.3, -0.25) is 19.7 Å². The number of carbonyl (C=O) groups is 3. The van der Waals surface area contributed by atoms with Crippen molar-refractivity contribution in [2.24, 2.45) is 0 Å². The monoisotopic (exact) mass is 485 g/mol. The molecule has 2 N–H and O–H groups in total. The van der Waals surface area contributed by atoms with E-state index in [2.05, 4.69) is 10.6 Å². The molecule has 9 nitrogen and oxygen atoms in total. The fourth-order valence-electron chi connectivity index (χ4n) is 3.32. The Morgan fingerprint density at radius 1 is 1.06 bits per heavy atom. The number of para-hydroxylation sites is 1. The summed E-state index contributed by atoms with van der Waals surface area (Å²) in [6.07, 6.45) is -0.157. The fourth-order valence-corrected chi connectivity index (χ4v) is 3.63. The molecule has 0 saturated carbocycles. The first-order chi connectivity index (χ1) is 16.5. The number of ether oxygens (including phenoxy) is 3. The minimum atomic E-state index is -0.838. The van der Waals surface area contributed by atoms with Crippen molar-refractivity contribution in [2.75, 3.05) is 32.9 Å². The number of rotatable bonds is 9. The number of thiocarbonyl (C=S) groups is 1. The number of benzene rings is 2. The van der Waals surface area contributed by atoms with E-state index in [1.807, 2.05) is 30.3 Å². The van der Waals surface area contributed by atoms with Gasteiger partial charge in [0.15, 0.2) is 5.11 Å². The molecule has 2 aromatic carbocycles. The van der Waals surface area contributed by atoms with Gasteiger partial charge in [0.25, 0.3) is 5.91 Å². The van der Waals surface area contributed by atoms with Crippen molar-refractivity contribution >= 4 is 35.1 Å². The van der Waals surface area contributed by atoms with Crippen molar-refractivity contribution < 1.29 is 28.6 Å². The van der Waals surface area contributed by atoms with E-state index in [0.29, 0.717) is 37.6 Å². The SMILES string of the molecule is CCOC(=O)CC1C(=O)NCCN1C(=S)NC(=O)c1ccc(OCCOc2ccccc2)cc1. The Kier molecular flexibility index (Phi) is 9.21. The molecule has 1 aliphatic heterocycles. The lowest BCUT2D eigenvalue weighted by Crippen LogP contribution is -2.60. The van der Waals surface area contributed by atoms with E-state index >= 15 is 0 Å². The number of nitrogens with one attached hydrogen (secondary N) is 2. The van der Waals surface area contributed by atoms with Crippen LogP contribution < -0.4 is 20.1 Å². The van der Waals surface area contributed by atoms with Crippen molar-refractivity contribution in [1.82, 2.24) is 15.5 Å². The van der Waals surface area contributed by atoms with Gasteiger partial charge in [-0.05, 0) is 55.5 Å². The average Bonchev–Trinajstić information content (AvgIpc) is 2.84. The Morgan fingerprint density at radius 2 is 1.71 bits per heavy atom. The predicted octanol–water partition coefficient (Wildman–Crippen LogP) is 1.91.